The molecule has 2 atom stereocenters. The summed E-state index contributed by atoms with van der Waals surface area (Å²) in [5.41, 5.74) is 4.78. The molecule has 2 aliphatic heterocycles. The number of hydrazone groups is 1. The van der Waals surface area contributed by atoms with Gasteiger partial charge in [0.15, 0.2) is 0 Å². The molecule has 5 aromatic carbocycles. The number of carbonyl (C=O) groups is 1. The largest absolute Gasteiger partial charge is 0.464 e. The highest BCUT2D eigenvalue weighted by molar-refractivity contribution is 6.11. The minimum Gasteiger partial charge on any atom is -0.464 e. The number of hydrogen-bond acceptors (Lipinski definition) is 5. The molecule has 0 fully saturated rings. The van der Waals surface area contributed by atoms with E-state index < -0.39 is 6.23 Å². The summed E-state index contributed by atoms with van der Waals surface area (Å²) in [7, 11) is 0. The smallest absolute Gasteiger partial charge is 0.343 e. The van der Waals surface area contributed by atoms with Crippen LogP contribution in [0.1, 0.15) is 45.7 Å². The van der Waals surface area contributed by atoms with Crippen molar-refractivity contribution in [2.75, 3.05) is 0 Å². The minimum absolute atomic E-state index is 0.0644. The fourth-order valence-electron chi connectivity index (χ4n) is 5.33. The molecule has 5 aromatic rings. The van der Waals surface area contributed by atoms with Crippen molar-refractivity contribution in [3.63, 3.8) is 0 Å². The fraction of sp³-hybridized carbons (Fsp3) is 0.0909. The first-order chi connectivity index (χ1) is 18.7. The maximum Gasteiger partial charge on any atom is 0.343 e. The summed E-state index contributed by atoms with van der Waals surface area (Å²) in [5, 5.41) is 9.61. The number of carbonyl (C=O) groups excluding carboxylic acids is 1. The number of fused-ring (bicyclic) bond motifs is 4. The highest BCUT2D eigenvalue weighted by atomic mass is 16.5. The number of ether oxygens (including phenoxy) is 2. The van der Waals surface area contributed by atoms with E-state index in [-0.39, 0.29) is 12.0 Å². The molecule has 0 N–H and O–H groups in total. The van der Waals surface area contributed by atoms with Gasteiger partial charge in [-0.05, 0) is 53.2 Å². The van der Waals surface area contributed by atoms with E-state index in [0.717, 1.165) is 34.6 Å². The Kier molecular flexibility index (Phi) is 5.40. The Morgan fingerprint density at radius 2 is 1.53 bits per heavy atom. The number of hydrogen-bond donors (Lipinski definition) is 0. The Bertz CT molecular complexity index is 1670. The van der Waals surface area contributed by atoms with Crippen molar-refractivity contribution in [3.8, 4) is 11.5 Å². The SMILES string of the molecule is O=C(Oc1ccc([C@@H]2Oc3ccccc3[C@H]3CC(c4cccc5ccccc45)=NN32)cc1)c1ccccc1. The van der Waals surface area contributed by atoms with Crippen molar-refractivity contribution >= 4 is 22.5 Å². The molecule has 5 nitrogen and oxygen atoms in total. The number of benzene rings is 5. The summed E-state index contributed by atoms with van der Waals surface area (Å²) in [6, 6.07) is 39.5. The zero-order valence-electron chi connectivity index (χ0n) is 20.5. The van der Waals surface area contributed by atoms with Crippen LogP contribution in [-0.4, -0.2) is 16.7 Å². The standard InChI is InChI=1S/C33H24N2O3/c36-33(24-10-2-1-3-11-24)37-25-19-17-23(18-20-25)32-35-30(28-14-6-7-16-31(28)38-32)21-29(34-35)27-15-8-12-22-9-4-5-13-26(22)27/h1-20,30,32H,21H2/t30-,32+/m1/s1. The third kappa shape index (κ3) is 3.89. The van der Waals surface area contributed by atoms with E-state index in [1.54, 1.807) is 24.3 Å². The average molecular weight is 497 g/mol. The molecule has 5 heteroatoms. The maximum atomic E-state index is 12.5. The number of nitrogens with zero attached hydrogens (tertiary/aromatic N) is 2. The molecule has 0 bridgehead atoms. The molecule has 0 unspecified atom stereocenters. The average Bonchev–Trinajstić information content (AvgIpc) is 3.43. The highest BCUT2D eigenvalue weighted by Gasteiger charge is 2.41. The van der Waals surface area contributed by atoms with Crippen LogP contribution in [0.15, 0.2) is 126 Å². The quantitative estimate of drug-likeness (QED) is 0.193. The van der Waals surface area contributed by atoms with Gasteiger partial charge in [0, 0.05) is 23.1 Å². The third-order valence-corrected chi connectivity index (χ3v) is 7.18. The lowest BCUT2D eigenvalue weighted by molar-refractivity contribution is -0.0190. The fourth-order valence-corrected chi connectivity index (χ4v) is 5.33. The molecule has 0 saturated heterocycles. The molecule has 0 radical (unpaired) electrons. The summed E-state index contributed by atoms with van der Waals surface area (Å²) in [4.78, 5) is 12.5. The van der Waals surface area contributed by atoms with Crippen molar-refractivity contribution < 1.29 is 14.3 Å². The van der Waals surface area contributed by atoms with Crippen molar-refractivity contribution in [2.24, 2.45) is 5.10 Å². The molecule has 0 aromatic heterocycles. The Balaban J connectivity index is 1.22. The number of rotatable bonds is 4. The zero-order chi connectivity index (χ0) is 25.5. The van der Waals surface area contributed by atoms with Crippen molar-refractivity contribution in [1.82, 2.24) is 5.01 Å². The summed E-state index contributed by atoms with van der Waals surface area (Å²) >= 11 is 0. The van der Waals surface area contributed by atoms with E-state index in [0.29, 0.717) is 11.3 Å². The van der Waals surface area contributed by atoms with Crippen LogP contribution in [0.25, 0.3) is 10.8 Å². The van der Waals surface area contributed by atoms with Crippen LogP contribution in [0, 0.1) is 0 Å². The van der Waals surface area contributed by atoms with Gasteiger partial charge < -0.3 is 9.47 Å². The third-order valence-electron chi connectivity index (χ3n) is 7.18. The first-order valence-corrected chi connectivity index (χ1v) is 12.7. The first kappa shape index (κ1) is 22.3. The van der Waals surface area contributed by atoms with Gasteiger partial charge in [0.1, 0.15) is 11.5 Å². The van der Waals surface area contributed by atoms with Crippen LogP contribution < -0.4 is 9.47 Å². The molecule has 0 aliphatic carbocycles. The predicted octanol–water partition coefficient (Wildman–Crippen LogP) is 7.30. The van der Waals surface area contributed by atoms with Crippen molar-refractivity contribution in [2.45, 2.75) is 18.7 Å². The van der Waals surface area contributed by atoms with E-state index in [2.05, 4.69) is 53.5 Å². The van der Waals surface area contributed by atoms with Crippen LogP contribution in [-0.2, 0) is 0 Å². The van der Waals surface area contributed by atoms with Crippen molar-refractivity contribution in [3.05, 3.63) is 144 Å². The summed E-state index contributed by atoms with van der Waals surface area (Å²) < 4.78 is 12.1. The number of esters is 1. The molecule has 0 saturated carbocycles. The van der Waals surface area contributed by atoms with Gasteiger partial charge in [-0.15, -0.1) is 0 Å². The lowest BCUT2D eigenvalue weighted by atomic mass is 9.93. The normalized spacial score (nSPS) is 17.8. The van der Waals surface area contributed by atoms with Crippen LogP contribution in [0.2, 0.25) is 0 Å². The number of para-hydroxylation sites is 1. The first-order valence-electron chi connectivity index (χ1n) is 12.7. The Labute approximate surface area is 220 Å². The van der Waals surface area contributed by atoms with E-state index in [9.17, 15) is 4.79 Å². The van der Waals surface area contributed by atoms with E-state index >= 15 is 0 Å². The molecule has 0 spiro atoms. The lowest BCUT2D eigenvalue weighted by Gasteiger charge is -2.38. The van der Waals surface area contributed by atoms with Gasteiger partial charge in [0.05, 0.1) is 17.3 Å². The van der Waals surface area contributed by atoms with Gasteiger partial charge in [0.2, 0.25) is 6.23 Å². The van der Waals surface area contributed by atoms with Gasteiger partial charge in [-0.3, -0.25) is 0 Å². The van der Waals surface area contributed by atoms with Gasteiger partial charge in [-0.1, -0.05) is 78.9 Å². The second kappa shape index (κ2) is 9.20. The van der Waals surface area contributed by atoms with Gasteiger partial charge in [-0.2, -0.15) is 5.10 Å². The molecule has 2 heterocycles. The van der Waals surface area contributed by atoms with Crippen LogP contribution in [0.5, 0.6) is 11.5 Å². The molecular formula is C33H24N2O3. The molecule has 2 aliphatic rings. The minimum atomic E-state index is -0.402. The molecule has 0 amide bonds. The molecule has 7 rings (SSSR count). The van der Waals surface area contributed by atoms with E-state index in [4.69, 9.17) is 14.6 Å². The Morgan fingerprint density at radius 3 is 2.39 bits per heavy atom. The monoisotopic (exact) mass is 496 g/mol. The second-order valence-corrected chi connectivity index (χ2v) is 9.51. The molecular weight excluding hydrogens is 472 g/mol. The summed E-state index contributed by atoms with van der Waals surface area (Å²) in [6.45, 7) is 0. The van der Waals surface area contributed by atoms with Crippen LogP contribution in [0.4, 0.5) is 0 Å². The van der Waals surface area contributed by atoms with Gasteiger partial charge in [0.25, 0.3) is 0 Å². The van der Waals surface area contributed by atoms with E-state index in [1.807, 2.05) is 48.5 Å². The van der Waals surface area contributed by atoms with Gasteiger partial charge >= 0.3 is 5.97 Å². The topological polar surface area (TPSA) is 51.1 Å². The van der Waals surface area contributed by atoms with Crippen LogP contribution in [0.3, 0.4) is 0 Å². The zero-order valence-corrected chi connectivity index (χ0v) is 20.5. The van der Waals surface area contributed by atoms with E-state index in [1.165, 1.54) is 10.8 Å². The summed E-state index contributed by atoms with van der Waals surface area (Å²) in [6.07, 6.45) is 0.388. The predicted molar refractivity (Wildman–Crippen MR) is 147 cm³/mol. The van der Waals surface area contributed by atoms with Gasteiger partial charge in [-0.25, -0.2) is 9.80 Å². The Morgan fingerprint density at radius 1 is 0.789 bits per heavy atom. The summed E-state index contributed by atoms with van der Waals surface area (Å²) in [5.74, 6) is 0.967. The second-order valence-electron chi connectivity index (χ2n) is 9.51. The Hall–Kier alpha value is -4.90. The lowest BCUT2D eigenvalue weighted by Crippen LogP contribution is -2.33. The molecule has 38 heavy (non-hydrogen) atoms. The van der Waals surface area contributed by atoms with Crippen LogP contribution >= 0.6 is 0 Å². The van der Waals surface area contributed by atoms with Crippen molar-refractivity contribution in [1.29, 1.82) is 0 Å². The molecule has 184 valence electrons. The highest BCUT2D eigenvalue weighted by Crippen LogP contribution is 2.47. The maximum absolute atomic E-state index is 12.5.